The summed E-state index contributed by atoms with van der Waals surface area (Å²) in [5.41, 5.74) is 0.163. The zero-order valence-corrected chi connectivity index (χ0v) is 11.0. The molecule has 1 aromatic carbocycles. The van der Waals surface area contributed by atoms with E-state index in [0.717, 1.165) is 18.3 Å². The Labute approximate surface area is 114 Å². The van der Waals surface area contributed by atoms with Crippen LogP contribution in [0.5, 0.6) is 0 Å². The maximum Gasteiger partial charge on any atom is 0.337 e. The number of hydrogen-bond acceptors (Lipinski definition) is 4. The maximum atomic E-state index is 13.0. The minimum atomic E-state index is -3.72. The van der Waals surface area contributed by atoms with E-state index in [1.54, 1.807) is 0 Å². The normalized spacial score (nSPS) is 11.2. The van der Waals surface area contributed by atoms with Crippen LogP contribution in [0.4, 0.5) is 4.39 Å². The highest BCUT2D eigenvalue weighted by Crippen LogP contribution is 2.16. The van der Waals surface area contributed by atoms with Gasteiger partial charge in [-0.05, 0) is 30.3 Å². The predicted octanol–water partition coefficient (Wildman–Crippen LogP) is 1.89. The van der Waals surface area contributed by atoms with E-state index in [-0.39, 0.29) is 16.2 Å². The third-order valence-electron chi connectivity index (χ3n) is 2.56. The van der Waals surface area contributed by atoms with Crippen LogP contribution in [-0.4, -0.2) is 24.5 Å². The van der Waals surface area contributed by atoms with E-state index in [2.05, 4.69) is 4.98 Å². The average Bonchev–Trinajstić information content (AvgIpc) is 2.39. The first-order chi connectivity index (χ1) is 9.38. The summed E-state index contributed by atoms with van der Waals surface area (Å²) < 4.78 is 37.1. The van der Waals surface area contributed by atoms with E-state index < -0.39 is 27.4 Å². The molecule has 0 saturated carbocycles. The molecule has 20 heavy (non-hydrogen) atoms. The van der Waals surface area contributed by atoms with Gasteiger partial charge in [0.15, 0.2) is 9.84 Å². The molecule has 1 aromatic heterocycles. The molecule has 0 amide bonds. The summed E-state index contributed by atoms with van der Waals surface area (Å²) in [6.45, 7) is 0. The van der Waals surface area contributed by atoms with E-state index in [1.807, 2.05) is 0 Å². The van der Waals surface area contributed by atoms with E-state index in [1.165, 1.54) is 24.3 Å². The van der Waals surface area contributed by atoms with Crippen LogP contribution in [0, 0.1) is 5.82 Å². The fourth-order valence-corrected chi connectivity index (χ4v) is 2.88. The van der Waals surface area contributed by atoms with Crippen molar-refractivity contribution in [2.45, 2.75) is 10.6 Å². The molecule has 0 aliphatic rings. The number of carbonyl (C=O) groups is 1. The molecule has 104 valence electrons. The zero-order valence-electron chi connectivity index (χ0n) is 10.2. The Morgan fingerprint density at radius 2 is 2.00 bits per heavy atom. The van der Waals surface area contributed by atoms with Gasteiger partial charge < -0.3 is 5.11 Å². The Bertz CT molecular complexity index is 741. The van der Waals surface area contributed by atoms with Crippen molar-refractivity contribution in [3.8, 4) is 0 Å². The molecule has 2 rings (SSSR count). The van der Waals surface area contributed by atoms with Crippen LogP contribution in [-0.2, 0) is 15.6 Å². The number of rotatable bonds is 4. The standard InChI is InChI=1S/C13H10FNO4S/c14-10-2-1-3-12(6-10)20(18,19)8-11-5-4-9(7-15-11)13(16)17/h1-7H,8H2,(H,16,17). The molecular formula is C13H10FNO4S. The van der Waals surface area contributed by atoms with Crippen LogP contribution >= 0.6 is 0 Å². The van der Waals surface area contributed by atoms with Crippen LogP contribution in [0.15, 0.2) is 47.5 Å². The summed E-state index contributed by atoms with van der Waals surface area (Å²) in [4.78, 5) is 14.3. The van der Waals surface area contributed by atoms with Gasteiger partial charge in [0, 0.05) is 6.20 Å². The smallest absolute Gasteiger partial charge is 0.337 e. The summed E-state index contributed by atoms with van der Waals surface area (Å²) in [6.07, 6.45) is 1.08. The van der Waals surface area contributed by atoms with Gasteiger partial charge >= 0.3 is 5.97 Å². The monoisotopic (exact) mass is 295 g/mol. The van der Waals surface area contributed by atoms with Gasteiger partial charge in [0.25, 0.3) is 0 Å². The Morgan fingerprint density at radius 3 is 2.55 bits per heavy atom. The molecule has 0 aliphatic heterocycles. The molecule has 0 fully saturated rings. The van der Waals surface area contributed by atoms with Gasteiger partial charge in [0.05, 0.1) is 21.9 Å². The second-order valence-electron chi connectivity index (χ2n) is 4.06. The van der Waals surface area contributed by atoms with Crippen molar-refractivity contribution in [3.63, 3.8) is 0 Å². The fraction of sp³-hybridized carbons (Fsp3) is 0.0769. The number of hydrogen-bond donors (Lipinski definition) is 1. The number of benzene rings is 1. The number of carboxylic acid groups (broad SMARTS) is 1. The van der Waals surface area contributed by atoms with Crippen molar-refractivity contribution < 1.29 is 22.7 Å². The first-order valence-corrected chi connectivity index (χ1v) is 7.20. The van der Waals surface area contributed by atoms with Gasteiger partial charge in [-0.25, -0.2) is 17.6 Å². The second kappa shape index (κ2) is 5.38. The second-order valence-corrected chi connectivity index (χ2v) is 6.05. The topological polar surface area (TPSA) is 84.3 Å². The van der Waals surface area contributed by atoms with Gasteiger partial charge in [-0.15, -0.1) is 0 Å². The molecule has 5 nitrogen and oxygen atoms in total. The molecule has 1 heterocycles. The lowest BCUT2D eigenvalue weighted by molar-refractivity contribution is 0.0696. The fourth-order valence-electron chi connectivity index (χ4n) is 1.57. The quantitative estimate of drug-likeness (QED) is 0.931. The van der Waals surface area contributed by atoms with Crippen molar-refractivity contribution in [2.75, 3.05) is 0 Å². The van der Waals surface area contributed by atoms with Crippen LogP contribution in [0.3, 0.4) is 0 Å². The van der Waals surface area contributed by atoms with Gasteiger partial charge in [-0.3, -0.25) is 4.98 Å². The minimum absolute atomic E-state index is 0.0306. The van der Waals surface area contributed by atoms with Crippen LogP contribution in [0.1, 0.15) is 16.1 Å². The number of sulfone groups is 1. The predicted molar refractivity (Wildman–Crippen MR) is 68.5 cm³/mol. The van der Waals surface area contributed by atoms with Crippen LogP contribution < -0.4 is 0 Å². The number of carboxylic acids is 1. The van der Waals surface area contributed by atoms with Crippen molar-refractivity contribution in [3.05, 3.63) is 59.7 Å². The number of aromatic carboxylic acids is 1. The summed E-state index contributed by atoms with van der Waals surface area (Å²) in [6, 6.07) is 7.28. The lowest BCUT2D eigenvalue weighted by Crippen LogP contribution is -2.07. The SMILES string of the molecule is O=C(O)c1ccc(CS(=O)(=O)c2cccc(F)c2)nc1. The van der Waals surface area contributed by atoms with Crippen molar-refractivity contribution in [2.24, 2.45) is 0 Å². The number of halogens is 1. The lowest BCUT2D eigenvalue weighted by Gasteiger charge is -2.04. The molecule has 7 heteroatoms. The first-order valence-electron chi connectivity index (χ1n) is 5.55. The largest absolute Gasteiger partial charge is 0.478 e. The maximum absolute atomic E-state index is 13.0. The number of aromatic nitrogens is 1. The van der Waals surface area contributed by atoms with Gasteiger partial charge in [0.2, 0.25) is 0 Å². The molecule has 2 aromatic rings. The van der Waals surface area contributed by atoms with Crippen molar-refractivity contribution >= 4 is 15.8 Å². The highest BCUT2D eigenvalue weighted by Gasteiger charge is 2.17. The third-order valence-corrected chi connectivity index (χ3v) is 4.21. The van der Waals surface area contributed by atoms with E-state index >= 15 is 0 Å². The molecule has 0 aliphatic carbocycles. The molecule has 0 atom stereocenters. The first kappa shape index (κ1) is 14.1. The van der Waals surface area contributed by atoms with Crippen molar-refractivity contribution in [1.82, 2.24) is 4.98 Å². The number of pyridine rings is 1. The Hall–Kier alpha value is -2.28. The lowest BCUT2D eigenvalue weighted by atomic mass is 10.2. The highest BCUT2D eigenvalue weighted by atomic mass is 32.2. The van der Waals surface area contributed by atoms with E-state index in [4.69, 9.17) is 5.11 Å². The Morgan fingerprint density at radius 1 is 1.25 bits per heavy atom. The Kier molecular flexibility index (Phi) is 3.80. The minimum Gasteiger partial charge on any atom is -0.478 e. The molecule has 1 N–H and O–H groups in total. The third kappa shape index (κ3) is 3.18. The molecule has 0 bridgehead atoms. The summed E-state index contributed by atoms with van der Waals surface area (Å²) in [5, 5.41) is 8.72. The highest BCUT2D eigenvalue weighted by molar-refractivity contribution is 7.90. The van der Waals surface area contributed by atoms with Crippen LogP contribution in [0.25, 0.3) is 0 Å². The van der Waals surface area contributed by atoms with Crippen molar-refractivity contribution in [1.29, 1.82) is 0 Å². The summed E-state index contributed by atoms with van der Waals surface area (Å²) in [7, 11) is -3.72. The van der Waals surface area contributed by atoms with Gasteiger partial charge in [-0.1, -0.05) is 6.07 Å². The van der Waals surface area contributed by atoms with Crippen LogP contribution in [0.2, 0.25) is 0 Å². The van der Waals surface area contributed by atoms with E-state index in [0.29, 0.717) is 0 Å². The molecule has 0 saturated heterocycles. The molecular weight excluding hydrogens is 285 g/mol. The zero-order chi connectivity index (χ0) is 14.8. The summed E-state index contributed by atoms with van der Waals surface area (Å²) >= 11 is 0. The van der Waals surface area contributed by atoms with E-state index in [9.17, 15) is 17.6 Å². The van der Waals surface area contributed by atoms with Gasteiger partial charge in [-0.2, -0.15) is 0 Å². The molecule has 0 spiro atoms. The average molecular weight is 295 g/mol. The van der Waals surface area contributed by atoms with Gasteiger partial charge in [0.1, 0.15) is 5.82 Å². The number of nitrogens with zero attached hydrogens (tertiary/aromatic N) is 1. The Balaban J connectivity index is 2.26. The molecule has 0 radical (unpaired) electrons. The molecule has 0 unspecified atom stereocenters. The summed E-state index contributed by atoms with van der Waals surface area (Å²) in [5.74, 6) is -2.20.